The first kappa shape index (κ1) is 13.7. The topological polar surface area (TPSA) is 29.5 Å². The van der Waals surface area contributed by atoms with Crippen LogP contribution in [0, 0.1) is 5.92 Å². The molecule has 0 aromatic heterocycles. The van der Waals surface area contributed by atoms with E-state index in [1.807, 2.05) is 6.26 Å². The molecule has 2 fully saturated rings. The highest BCUT2D eigenvalue weighted by Gasteiger charge is 2.42. The van der Waals surface area contributed by atoms with Crippen molar-refractivity contribution in [2.45, 2.75) is 64.4 Å². The van der Waals surface area contributed by atoms with Gasteiger partial charge in [0.25, 0.3) is 0 Å². The third-order valence-electron chi connectivity index (χ3n) is 4.35. The number of hydrogen-bond acceptors (Lipinski definition) is 2. The van der Waals surface area contributed by atoms with E-state index in [9.17, 15) is 5.11 Å². The molecule has 0 spiro atoms. The predicted octanol–water partition coefficient (Wildman–Crippen LogP) is 3.96. The van der Waals surface area contributed by atoms with Crippen LogP contribution < -0.4 is 0 Å². The molecular weight excluding hydrogens is 224 g/mol. The fraction of sp³-hybridized carbons (Fsp3) is 0.750. The SMILES string of the molecule is CC(C)=CCO/C=C1/CCC[C@@]2(O)CCCCC12. The van der Waals surface area contributed by atoms with E-state index in [4.69, 9.17) is 4.74 Å². The molecule has 0 aromatic carbocycles. The molecule has 2 aliphatic carbocycles. The highest BCUT2D eigenvalue weighted by molar-refractivity contribution is 5.15. The van der Waals surface area contributed by atoms with E-state index in [0.29, 0.717) is 12.5 Å². The molecule has 1 N–H and O–H groups in total. The van der Waals surface area contributed by atoms with Crippen LogP contribution in [0.1, 0.15) is 58.8 Å². The summed E-state index contributed by atoms with van der Waals surface area (Å²) in [4.78, 5) is 0. The van der Waals surface area contributed by atoms with Crippen LogP contribution in [0.3, 0.4) is 0 Å². The molecule has 2 rings (SSSR count). The second kappa shape index (κ2) is 5.92. The number of allylic oxidation sites excluding steroid dienone is 1. The van der Waals surface area contributed by atoms with E-state index in [2.05, 4.69) is 19.9 Å². The molecule has 2 nitrogen and oxygen atoms in total. The first-order valence-electron chi connectivity index (χ1n) is 7.28. The maximum absolute atomic E-state index is 10.7. The lowest BCUT2D eigenvalue weighted by molar-refractivity contribution is -0.0548. The van der Waals surface area contributed by atoms with Gasteiger partial charge in [0, 0.05) is 5.92 Å². The summed E-state index contributed by atoms with van der Waals surface area (Å²) in [5.41, 5.74) is 2.19. The van der Waals surface area contributed by atoms with Crippen molar-refractivity contribution in [3.8, 4) is 0 Å². The van der Waals surface area contributed by atoms with Gasteiger partial charge in [-0.05, 0) is 57.6 Å². The summed E-state index contributed by atoms with van der Waals surface area (Å²) >= 11 is 0. The monoisotopic (exact) mass is 250 g/mol. The van der Waals surface area contributed by atoms with Gasteiger partial charge in [0.05, 0.1) is 11.9 Å². The van der Waals surface area contributed by atoms with E-state index in [-0.39, 0.29) is 0 Å². The summed E-state index contributed by atoms with van der Waals surface area (Å²) in [5.74, 6) is 0.353. The average Bonchev–Trinajstić information content (AvgIpc) is 2.33. The van der Waals surface area contributed by atoms with Crippen LogP contribution >= 0.6 is 0 Å². The Balaban J connectivity index is 1.98. The smallest absolute Gasteiger partial charge is 0.106 e. The first-order valence-corrected chi connectivity index (χ1v) is 7.28. The summed E-state index contributed by atoms with van der Waals surface area (Å²) in [6.45, 7) is 4.81. The van der Waals surface area contributed by atoms with Gasteiger partial charge in [-0.3, -0.25) is 0 Å². The predicted molar refractivity (Wildman–Crippen MR) is 74.2 cm³/mol. The Bertz CT molecular complexity index is 335. The third kappa shape index (κ3) is 3.17. The van der Waals surface area contributed by atoms with Crippen molar-refractivity contribution in [1.82, 2.24) is 0 Å². The van der Waals surface area contributed by atoms with E-state index < -0.39 is 5.60 Å². The molecule has 0 radical (unpaired) electrons. The lowest BCUT2D eigenvalue weighted by Gasteiger charge is -2.44. The Kier molecular flexibility index (Phi) is 4.50. The number of fused-ring (bicyclic) bond motifs is 1. The van der Waals surface area contributed by atoms with Crippen molar-refractivity contribution in [2.24, 2.45) is 5.92 Å². The molecule has 0 amide bonds. The van der Waals surface area contributed by atoms with E-state index >= 15 is 0 Å². The molecule has 0 saturated heterocycles. The maximum atomic E-state index is 10.7. The minimum atomic E-state index is -0.428. The van der Waals surface area contributed by atoms with Crippen LogP contribution in [-0.2, 0) is 4.74 Å². The van der Waals surface area contributed by atoms with Gasteiger partial charge in [-0.1, -0.05) is 18.4 Å². The highest BCUT2D eigenvalue weighted by Crippen LogP contribution is 2.46. The fourth-order valence-electron chi connectivity index (χ4n) is 3.34. The molecule has 2 aliphatic rings. The minimum absolute atomic E-state index is 0.353. The molecule has 2 saturated carbocycles. The summed E-state index contributed by atoms with van der Waals surface area (Å²) in [6, 6.07) is 0. The van der Waals surface area contributed by atoms with Gasteiger partial charge >= 0.3 is 0 Å². The summed E-state index contributed by atoms with van der Waals surface area (Å²) in [5, 5.41) is 10.7. The van der Waals surface area contributed by atoms with Crippen LogP contribution in [0.25, 0.3) is 0 Å². The quantitative estimate of drug-likeness (QED) is 0.467. The number of ether oxygens (including phenoxy) is 1. The Hall–Kier alpha value is -0.760. The van der Waals surface area contributed by atoms with Crippen molar-refractivity contribution < 1.29 is 9.84 Å². The molecule has 0 bridgehead atoms. The van der Waals surface area contributed by atoms with Crippen LogP contribution in [0.5, 0.6) is 0 Å². The zero-order chi connectivity index (χ0) is 13.0. The van der Waals surface area contributed by atoms with Crippen LogP contribution in [0.15, 0.2) is 23.5 Å². The first-order chi connectivity index (χ1) is 8.62. The molecule has 0 heterocycles. The normalized spacial score (nSPS) is 33.9. The minimum Gasteiger partial charge on any atom is -0.497 e. The Morgan fingerprint density at radius 2 is 2.11 bits per heavy atom. The van der Waals surface area contributed by atoms with E-state index in [0.717, 1.165) is 32.1 Å². The van der Waals surface area contributed by atoms with Gasteiger partial charge in [-0.15, -0.1) is 0 Å². The lowest BCUT2D eigenvalue weighted by atomic mass is 9.65. The zero-order valence-corrected chi connectivity index (χ0v) is 11.7. The molecule has 2 heteroatoms. The Morgan fingerprint density at radius 3 is 2.89 bits per heavy atom. The van der Waals surface area contributed by atoms with Gasteiger partial charge in [0.15, 0.2) is 0 Å². The van der Waals surface area contributed by atoms with Crippen LogP contribution in [-0.4, -0.2) is 17.3 Å². The zero-order valence-electron chi connectivity index (χ0n) is 11.7. The largest absolute Gasteiger partial charge is 0.497 e. The van der Waals surface area contributed by atoms with Gasteiger partial charge in [0.1, 0.15) is 6.61 Å². The third-order valence-corrected chi connectivity index (χ3v) is 4.35. The number of rotatable bonds is 3. The van der Waals surface area contributed by atoms with Crippen molar-refractivity contribution in [3.63, 3.8) is 0 Å². The van der Waals surface area contributed by atoms with Crippen LogP contribution in [0.2, 0.25) is 0 Å². The fourth-order valence-corrected chi connectivity index (χ4v) is 3.34. The molecule has 0 aromatic rings. The van der Waals surface area contributed by atoms with Gasteiger partial charge < -0.3 is 9.84 Å². The number of aliphatic hydroxyl groups is 1. The molecule has 2 atom stereocenters. The van der Waals surface area contributed by atoms with Crippen molar-refractivity contribution in [1.29, 1.82) is 0 Å². The van der Waals surface area contributed by atoms with Gasteiger partial charge in [-0.2, -0.15) is 0 Å². The second-order valence-corrected chi connectivity index (χ2v) is 6.06. The lowest BCUT2D eigenvalue weighted by Crippen LogP contribution is -2.44. The summed E-state index contributed by atoms with van der Waals surface area (Å²) < 4.78 is 5.63. The van der Waals surface area contributed by atoms with Crippen molar-refractivity contribution >= 4 is 0 Å². The van der Waals surface area contributed by atoms with E-state index in [1.54, 1.807) is 0 Å². The number of hydrogen-bond donors (Lipinski definition) is 1. The second-order valence-electron chi connectivity index (χ2n) is 6.06. The Morgan fingerprint density at radius 1 is 1.33 bits per heavy atom. The Labute approximate surface area is 111 Å². The maximum Gasteiger partial charge on any atom is 0.106 e. The molecule has 0 aliphatic heterocycles. The summed E-state index contributed by atoms with van der Waals surface area (Å²) in [6.07, 6.45) is 11.7. The van der Waals surface area contributed by atoms with Gasteiger partial charge in [0.2, 0.25) is 0 Å². The standard InChI is InChI=1S/C16H26O2/c1-13(2)8-11-18-12-14-6-5-10-16(17)9-4-3-7-15(14)16/h8,12,15,17H,3-7,9-11H2,1-2H3/b14-12-/t15?,16-/m0/s1. The van der Waals surface area contributed by atoms with Gasteiger partial charge in [-0.25, -0.2) is 0 Å². The van der Waals surface area contributed by atoms with Crippen molar-refractivity contribution in [2.75, 3.05) is 6.61 Å². The van der Waals surface area contributed by atoms with E-state index in [1.165, 1.54) is 24.0 Å². The molecule has 1 unspecified atom stereocenters. The molecular formula is C16H26O2. The van der Waals surface area contributed by atoms with Crippen LogP contribution in [0.4, 0.5) is 0 Å². The highest BCUT2D eigenvalue weighted by atomic mass is 16.5. The van der Waals surface area contributed by atoms with Crippen molar-refractivity contribution in [3.05, 3.63) is 23.5 Å². The summed E-state index contributed by atoms with van der Waals surface area (Å²) in [7, 11) is 0. The molecule has 18 heavy (non-hydrogen) atoms. The average molecular weight is 250 g/mol. The molecule has 102 valence electrons.